The first-order valence-electron chi connectivity index (χ1n) is 7.81. The van der Waals surface area contributed by atoms with Gasteiger partial charge < -0.3 is 5.32 Å². The van der Waals surface area contributed by atoms with Crippen molar-refractivity contribution in [1.82, 2.24) is 5.32 Å². The first-order valence-corrected chi connectivity index (χ1v) is 8.86. The third-order valence-electron chi connectivity index (χ3n) is 3.97. The van der Waals surface area contributed by atoms with E-state index in [9.17, 15) is 4.39 Å². The first-order chi connectivity index (χ1) is 9.70. The van der Waals surface area contributed by atoms with E-state index >= 15 is 0 Å². The molecule has 1 unspecified atom stereocenters. The van der Waals surface area contributed by atoms with Crippen LogP contribution in [-0.2, 0) is 0 Å². The summed E-state index contributed by atoms with van der Waals surface area (Å²) in [7, 11) is 0. The van der Waals surface area contributed by atoms with Gasteiger partial charge in [-0.3, -0.25) is 0 Å². The molecule has 0 bridgehead atoms. The molecule has 1 nitrogen and oxygen atoms in total. The van der Waals surface area contributed by atoms with Crippen LogP contribution in [0.2, 0.25) is 0 Å². The summed E-state index contributed by atoms with van der Waals surface area (Å²) in [6, 6.07) is 5.59. The Bertz CT molecular complexity index is 415. The highest BCUT2D eigenvalue weighted by atomic mass is 32.2. The lowest BCUT2D eigenvalue weighted by Crippen LogP contribution is -2.25. The molecular weight excluding hydrogens is 269 g/mol. The maximum absolute atomic E-state index is 14.1. The summed E-state index contributed by atoms with van der Waals surface area (Å²) in [5.74, 6) is 0.904. The topological polar surface area (TPSA) is 12.0 Å². The Labute approximate surface area is 126 Å². The third-order valence-corrected chi connectivity index (χ3v) is 5.44. The zero-order valence-corrected chi connectivity index (χ0v) is 13.4. The van der Waals surface area contributed by atoms with Crippen molar-refractivity contribution in [2.75, 3.05) is 12.3 Å². The van der Waals surface area contributed by atoms with Gasteiger partial charge in [-0.2, -0.15) is 11.8 Å². The molecule has 1 aliphatic rings. The summed E-state index contributed by atoms with van der Waals surface area (Å²) in [6.45, 7) is 5.13. The summed E-state index contributed by atoms with van der Waals surface area (Å²) < 4.78 is 14.1. The molecule has 0 saturated heterocycles. The molecule has 0 radical (unpaired) electrons. The van der Waals surface area contributed by atoms with Crippen molar-refractivity contribution >= 4 is 11.8 Å². The van der Waals surface area contributed by atoms with Crippen LogP contribution in [0.25, 0.3) is 0 Å². The number of hydrogen-bond acceptors (Lipinski definition) is 2. The molecule has 1 N–H and O–H groups in total. The van der Waals surface area contributed by atoms with Crippen LogP contribution in [0.15, 0.2) is 18.2 Å². The smallest absolute Gasteiger partial charge is 0.128 e. The molecular formula is C17H26FNS. The molecule has 2 rings (SSSR count). The van der Waals surface area contributed by atoms with Crippen LogP contribution in [0, 0.1) is 12.7 Å². The average molecular weight is 295 g/mol. The van der Waals surface area contributed by atoms with Gasteiger partial charge in [-0.05, 0) is 38.8 Å². The van der Waals surface area contributed by atoms with Crippen molar-refractivity contribution in [2.24, 2.45) is 0 Å². The Hall–Kier alpha value is -0.540. The highest BCUT2D eigenvalue weighted by Gasteiger charge is 2.20. The Kier molecular flexibility index (Phi) is 6.37. The SMILES string of the molecule is CCCNC(CSC1CCCC1)c1cc(C)ccc1F. The minimum Gasteiger partial charge on any atom is -0.309 e. The molecule has 0 spiro atoms. The van der Waals surface area contributed by atoms with E-state index in [1.165, 1.54) is 25.7 Å². The summed E-state index contributed by atoms with van der Waals surface area (Å²) >= 11 is 2.02. The van der Waals surface area contributed by atoms with E-state index in [1.54, 1.807) is 6.07 Å². The third kappa shape index (κ3) is 4.49. The molecule has 3 heteroatoms. The largest absolute Gasteiger partial charge is 0.309 e. The van der Waals surface area contributed by atoms with Gasteiger partial charge in [-0.1, -0.05) is 37.5 Å². The van der Waals surface area contributed by atoms with Crippen LogP contribution in [0.3, 0.4) is 0 Å². The van der Waals surface area contributed by atoms with E-state index in [-0.39, 0.29) is 11.9 Å². The molecule has 1 aliphatic carbocycles. The molecule has 0 amide bonds. The van der Waals surface area contributed by atoms with Gasteiger partial charge >= 0.3 is 0 Å². The maximum Gasteiger partial charge on any atom is 0.128 e. The van der Waals surface area contributed by atoms with Crippen LogP contribution in [0.1, 0.15) is 56.2 Å². The summed E-state index contributed by atoms with van der Waals surface area (Å²) in [5, 5.41) is 4.30. The standard InChI is InChI=1S/C17H26FNS/c1-3-10-19-17(12-20-14-6-4-5-7-14)15-11-13(2)8-9-16(15)18/h8-9,11,14,17,19H,3-7,10,12H2,1-2H3. The molecule has 0 aromatic heterocycles. The molecule has 1 fully saturated rings. The predicted octanol–water partition coefficient (Wildman–Crippen LogP) is 4.85. The molecule has 1 atom stereocenters. The lowest BCUT2D eigenvalue weighted by molar-refractivity contribution is 0.531. The quantitative estimate of drug-likeness (QED) is 0.771. The lowest BCUT2D eigenvalue weighted by Gasteiger charge is -2.21. The number of halogens is 1. The highest BCUT2D eigenvalue weighted by Crippen LogP contribution is 2.32. The average Bonchev–Trinajstić information content (AvgIpc) is 2.95. The van der Waals surface area contributed by atoms with Crippen molar-refractivity contribution in [3.63, 3.8) is 0 Å². The van der Waals surface area contributed by atoms with E-state index in [0.717, 1.165) is 35.1 Å². The van der Waals surface area contributed by atoms with Crippen molar-refractivity contribution in [2.45, 2.75) is 57.2 Å². The predicted molar refractivity (Wildman–Crippen MR) is 86.9 cm³/mol. The van der Waals surface area contributed by atoms with E-state index in [0.29, 0.717) is 0 Å². The summed E-state index contributed by atoms with van der Waals surface area (Å²) in [4.78, 5) is 0. The highest BCUT2D eigenvalue weighted by molar-refractivity contribution is 7.99. The summed E-state index contributed by atoms with van der Waals surface area (Å²) in [5.41, 5.74) is 1.97. The van der Waals surface area contributed by atoms with E-state index in [2.05, 4.69) is 12.2 Å². The van der Waals surface area contributed by atoms with Crippen LogP contribution in [0.4, 0.5) is 4.39 Å². The fraction of sp³-hybridized carbons (Fsp3) is 0.647. The second kappa shape index (κ2) is 8.04. The van der Waals surface area contributed by atoms with Gasteiger partial charge in [0.2, 0.25) is 0 Å². The lowest BCUT2D eigenvalue weighted by atomic mass is 10.0. The van der Waals surface area contributed by atoms with Gasteiger partial charge in [-0.15, -0.1) is 0 Å². The van der Waals surface area contributed by atoms with Gasteiger partial charge in [0, 0.05) is 22.6 Å². The second-order valence-corrected chi connectivity index (χ2v) is 7.10. The Morgan fingerprint density at radius 3 is 2.80 bits per heavy atom. The normalized spacial score (nSPS) is 17.6. The summed E-state index contributed by atoms with van der Waals surface area (Å²) in [6.07, 6.45) is 6.48. The molecule has 0 aliphatic heterocycles. The monoisotopic (exact) mass is 295 g/mol. The number of aryl methyl sites for hydroxylation is 1. The van der Waals surface area contributed by atoms with Gasteiger partial charge in [0.25, 0.3) is 0 Å². The maximum atomic E-state index is 14.1. The zero-order valence-electron chi connectivity index (χ0n) is 12.6. The van der Waals surface area contributed by atoms with Crippen molar-refractivity contribution in [3.8, 4) is 0 Å². The zero-order chi connectivity index (χ0) is 14.4. The molecule has 0 heterocycles. The van der Waals surface area contributed by atoms with Crippen LogP contribution in [-0.4, -0.2) is 17.5 Å². The molecule has 1 saturated carbocycles. The fourth-order valence-electron chi connectivity index (χ4n) is 2.79. The first kappa shape index (κ1) is 15.8. The number of thioether (sulfide) groups is 1. The molecule has 20 heavy (non-hydrogen) atoms. The van der Waals surface area contributed by atoms with Crippen LogP contribution in [0.5, 0.6) is 0 Å². The van der Waals surface area contributed by atoms with Crippen molar-refractivity contribution in [1.29, 1.82) is 0 Å². The van der Waals surface area contributed by atoms with E-state index in [4.69, 9.17) is 0 Å². The van der Waals surface area contributed by atoms with Gasteiger partial charge in [0.1, 0.15) is 5.82 Å². The van der Waals surface area contributed by atoms with Gasteiger partial charge in [0.15, 0.2) is 0 Å². The second-order valence-electron chi connectivity index (χ2n) is 5.77. The number of hydrogen-bond donors (Lipinski definition) is 1. The Morgan fingerprint density at radius 2 is 2.10 bits per heavy atom. The van der Waals surface area contributed by atoms with Crippen LogP contribution >= 0.6 is 11.8 Å². The Morgan fingerprint density at radius 1 is 1.35 bits per heavy atom. The van der Waals surface area contributed by atoms with E-state index in [1.807, 2.05) is 30.8 Å². The molecule has 1 aromatic carbocycles. The van der Waals surface area contributed by atoms with Crippen LogP contribution < -0.4 is 5.32 Å². The Balaban J connectivity index is 2.02. The number of nitrogens with one attached hydrogen (secondary N) is 1. The minimum atomic E-state index is -0.0729. The minimum absolute atomic E-state index is 0.0729. The number of benzene rings is 1. The van der Waals surface area contributed by atoms with E-state index < -0.39 is 0 Å². The fourth-order valence-corrected chi connectivity index (χ4v) is 4.22. The molecule has 112 valence electrons. The van der Waals surface area contributed by atoms with Gasteiger partial charge in [-0.25, -0.2) is 4.39 Å². The number of rotatable bonds is 7. The molecule has 1 aromatic rings. The van der Waals surface area contributed by atoms with Gasteiger partial charge in [0.05, 0.1) is 0 Å². The van der Waals surface area contributed by atoms with Crippen molar-refractivity contribution in [3.05, 3.63) is 35.1 Å². The van der Waals surface area contributed by atoms with Crippen molar-refractivity contribution < 1.29 is 4.39 Å².